The topological polar surface area (TPSA) is 48.5 Å². The van der Waals surface area contributed by atoms with E-state index in [1.165, 1.54) is 48.7 Å². The molecule has 10 aromatic carbocycles. The molecule has 62 heavy (non-hydrogen) atoms. The molecule has 0 atom stereocenters. The third-order valence-electron chi connectivity index (χ3n) is 12.5. The molecule has 0 aliphatic carbocycles. The standard InChI is InChI=1S/C57H35N5/c1-2-19-38(20-3-1)55-58-56(43-29-16-22-36-17-4-7-23-40(36)43)60-57(59-55)46-28-12-15-32-49(46)61-47-30-13-11-27-45(47)53-51(61)35-39-21-6-9-25-42(39)54(53)62-48-31-14-10-26-44(48)52-41-24-8-5-18-37(41)33-34-50(52)62/h1-35H. The molecule has 288 valence electrons. The van der Waals surface area contributed by atoms with Crippen molar-refractivity contribution >= 4 is 75.9 Å². The number of rotatable bonds is 5. The molecule has 3 aromatic heterocycles. The molecule has 0 unspecified atom stereocenters. The summed E-state index contributed by atoms with van der Waals surface area (Å²) in [7, 11) is 0. The van der Waals surface area contributed by atoms with Crippen molar-refractivity contribution in [2.45, 2.75) is 0 Å². The zero-order valence-corrected chi connectivity index (χ0v) is 33.4. The fourth-order valence-electron chi connectivity index (χ4n) is 9.85. The highest BCUT2D eigenvalue weighted by atomic mass is 15.1. The lowest BCUT2D eigenvalue weighted by atomic mass is 10.0. The summed E-state index contributed by atoms with van der Waals surface area (Å²) in [6.45, 7) is 0. The Kier molecular flexibility index (Phi) is 7.54. The van der Waals surface area contributed by atoms with Crippen LogP contribution >= 0.6 is 0 Å². The van der Waals surface area contributed by atoms with Gasteiger partial charge in [-0.05, 0) is 63.3 Å². The number of nitrogens with zero attached hydrogens (tertiary/aromatic N) is 5. The largest absolute Gasteiger partial charge is 0.308 e. The second kappa shape index (κ2) is 13.6. The van der Waals surface area contributed by atoms with Crippen molar-refractivity contribution in [3.8, 4) is 45.5 Å². The van der Waals surface area contributed by atoms with E-state index in [0.29, 0.717) is 17.5 Å². The average molecular weight is 790 g/mol. The first-order valence-electron chi connectivity index (χ1n) is 21.0. The van der Waals surface area contributed by atoms with Crippen molar-refractivity contribution in [1.82, 2.24) is 24.1 Å². The molecule has 0 amide bonds. The van der Waals surface area contributed by atoms with E-state index in [2.05, 4.69) is 203 Å². The zero-order chi connectivity index (χ0) is 40.7. The van der Waals surface area contributed by atoms with Gasteiger partial charge in [-0.25, -0.2) is 15.0 Å². The van der Waals surface area contributed by atoms with Crippen LogP contribution in [0.15, 0.2) is 212 Å². The van der Waals surface area contributed by atoms with Gasteiger partial charge in [-0.1, -0.05) is 176 Å². The Labute approximate surface area is 356 Å². The molecule has 0 aliphatic heterocycles. The molecule has 13 aromatic rings. The number of fused-ring (bicyclic) bond motifs is 10. The van der Waals surface area contributed by atoms with Crippen LogP contribution in [-0.2, 0) is 0 Å². The maximum absolute atomic E-state index is 5.34. The minimum atomic E-state index is 0.610. The summed E-state index contributed by atoms with van der Waals surface area (Å²) in [5.41, 5.74) is 9.52. The highest BCUT2D eigenvalue weighted by Gasteiger charge is 2.25. The Hall–Kier alpha value is -8.41. The average Bonchev–Trinajstić information content (AvgIpc) is 3.86. The molecule has 0 bridgehead atoms. The Morgan fingerprint density at radius 1 is 0.290 bits per heavy atom. The molecule has 0 saturated carbocycles. The van der Waals surface area contributed by atoms with Crippen LogP contribution in [0.2, 0.25) is 0 Å². The lowest BCUT2D eigenvalue weighted by Crippen LogP contribution is -2.04. The van der Waals surface area contributed by atoms with Crippen molar-refractivity contribution in [1.29, 1.82) is 0 Å². The number of benzene rings is 10. The maximum Gasteiger partial charge on any atom is 0.166 e. The highest BCUT2D eigenvalue weighted by molar-refractivity contribution is 6.25. The summed E-state index contributed by atoms with van der Waals surface area (Å²) < 4.78 is 4.93. The molecular weight excluding hydrogens is 755 g/mol. The molecule has 0 aliphatic rings. The summed E-state index contributed by atoms with van der Waals surface area (Å²) in [6, 6.07) is 75.7. The van der Waals surface area contributed by atoms with Crippen LogP contribution < -0.4 is 0 Å². The van der Waals surface area contributed by atoms with Crippen LogP contribution in [-0.4, -0.2) is 24.1 Å². The van der Waals surface area contributed by atoms with E-state index in [0.717, 1.165) is 55.3 Å². The number of aromatic nitrogens is 5. The van der Waals surface area contributed by atoms with E-state index < -0.39 is 0 Å². The van der Waals surface area contributed by atoms with Crippen molar-refractivity contribution in [2.75, 3.05) is 0 Å². The lowest BCUT2D eigenvalue weighted by molar-refractivity contribution is 1.07. The quantitative estimate of drug-likeness (QED) is 0.174. The highest BCUT2D eigenvalue weighted by Crippen LogP contribution is 2.45. The van der Waals surface area contributed by atoms with Crippen LogP contribution in [0.1, 0.15) is 0 Å². The number of hydrogen-bond donors (Lipinski definition) is 0. The summed E-state index contributed by atoms with van der Waals surface area (Å²) in [4.78, 5) is 15.8. The molecule has 0 spiro atoms. The first-order valence-corrected chi connectivity index (χ1v) is 21.0. The van der Waals surface area contributed by atoms with E-state index in [9.17, 15) is 0 Å². The monoisotopic (exact) mass is 789 g/mol. The molecule has 5 nitrogen and oxygen atoms in total. The van der Waals surface area contributed by atoms with E-state index >= 15 is 0 Å². The van der Waals surface area contributed by atoms with Crippen LogP contribution in [0.25, 0.3) is 121 Å². The Bertz CT molecular complexity index is 3930. The van der Waals surface area contributed by atoms with Gasteiger partial charge in [0, 0.05) is 43.6 Å². The van der Waals surface area contributed by atoms with Gasteiger partial charge in [0.2, 0.25) is 0 Å². The van der Waals surface area contributed by atoms with Crippen LogP contribution in [0, 0.1) is 0 Å². The lowest BCUT2D eigenvalue weighted by Gasteiger charge is -2.17. The third-order valence-corrected chi connectivity index (χ3v) is 12.5. The first kappa shape index (κ1) is 34.5. The molecule has 5 heteroatoms. The fourth-order valence-corrected chi connectivity index (χ4v) is 9.85. The van der Waals surface area contributed by atoms with Gasteiger partial charge in [0.25, 0.3) is 0 Å². The molecule has 0 radical (unpaired) electrons. The van der Waals surface area contributed by atoms with Gasteiger partial charge in [-0.3, -0.25) is 0 Å². The van der Waals surface area contributed by atoms with Crippen molar-refractivity contribution < 1.29 is 0 Å². The summed E-state index contributed by atoms with van der Waals surface area (Å²) in [5.74, 6) is 1.87. The SMILES string of the molecule is c1ccc(-c2nc(-c3ccccc3-n3c4ccccc4c4c(-n5c6ccccc6c6c7ccccc7ccc65)c5ccccc5cc43)nc(-c3cccc4ccccc34)n2)cc1. The van der Waals surface area contributed by atoms with Gasteiger partial charge in [0.15, 0.2) is 17.5 Å². The Balaban J connectivity index is 1.14. The fraction of sp³-hybridized carbons (Fsp3) is 0. The molecule has 0 fully saturated rings. The molecule has 13 rings (SSSR count). The van der Waals surface area contributed by atoms with Crippen LogP contribution in [0.5, 0.6) is 0 Å². The predicted octanol–water partition coefficient (Wildman–Crippen LogP) is 14.5. The number of hydrogen-bond acceptors (Lipinski definition) is 3. The zero-order valence-electron chi connectivity index (χ0n) is 33.4. The minimum absolute atomic E-state index is 0.610. The van der Waals surface area contributed by atoms with Crippen LogP contribution in [0.4, 0.5) is 0 Å². The molecular formula is C57H35N5. The first-order chi connectivity index (χ1) is 30.8. The summed E-state index contributed by atoms with van der Waals surface area (Å²) in [6.07, 6.45) is 0. The smallest absolute Gasteiger partial charge is 0.166 e. The van der Waals surface area contributed by atoms with Gasteiger partial charge in [-0.2, -0.15) is 0 Å². The summed E-state index contributed by atoms with van der Waals surface area (Å²) in [5, 5.41) is 11.9. The van der Waals surface area contributed by atoms with Crippen molar-refractivity contribution in [3.63, 3.8) is 0 Å². The second-order valence-electron chi connectivity index (χ2n) is 15.9. The molecule has 0 N–H and O–H groups in total. The van der Waals surface area contributed by atoms with Gasteiger partial charge >= 0.3 is 0 Å². The van der Waals surface area contributed by atoms with E-state index in [1.54, 1.807) is 0 Å². The van der Waals surface area contributed by atoms with E-state index in [4.69, 9.17) is 15.0 Å². The van der Waals surface area contributed by atoms with Crippen LogP contribution in [0.3, 0.4) is 0 Å². The third kappa shape index (κ3) is 5.12. The second-order valence-corrected chi connectivity index (χ2v) is 15.9. The summed E-state index contributed by atoms with van der Waals surface area (Å²) >= 11 is 0. The molecule has 0 saturated heterocycles. The van der Waals surface area contributed by atoms with Gasteiger partial charge in [-0.15, -0.1) is 0 Å². The Morgan fingerprint density at radius 2 is 0.823 bits per heavy atom. The molecule has 3 heterocycles. The van der Waals surface area contributed by atoms with Gasteiger partial charge in [0.05, 0.1) is 33.4 Å². The normalized spacial score (nSPS) is 11.9. The minimum Gasteiger partial charge on any atom is -0.308 e. The van der Waals surface area contributed by atoms with Gasteiger partial charge < -0.3 is 9.13 Å². The van der Waals surface area contributed by atoms with Crippen molar-refractivity contribution in [2.24, 2.45) is 0 Å². The predicted molar refractivity (Wildman–Crippen MR) is 257 cm³/mol. The van der Waals surface area contributed by atoms with Crippen molar-refractivity contribution in [3.05, 3.63) is 212 Å². The maximum atomic E-state index is 5.34. The van der Waals surface area contributed by atoms with E-state index in [-0.39, 0.29) is 0 Å². The Morgan fingerprint density at radius 3 is 1.61 bits per heavy atom. The number of para-hydroxylation sites is 3. The van der Waals surface area contributed by atoms with Gasteiger partial charge in [0.1, 0.15) is 0 Å². The van der Waals surface area contributed by atoms with E-state index in [1.807, 2.05) is 18.2 Å².